The first-order valence-electron chi connectivity index (χ1n) is 9.09. The van der Waals surface area contributed by atoms with Crippen molar-refractivity contribution in [2.24, 2.45) is 5.92 Å². The maximum absolute atomic E-state index is 13.3. The lowest BCUT2D eigenvalue weighted by molar-refractivity contribution is -0.135. The third kappa shape index (κ3) is 6.30. The Kier molecular flexibility index (Phi) is 7.77. The van der Waals surface area contributed by atoms with Gasteiger partial charge in [-0.2, -0.15) is 0 Å². The molecule has 3 amide bonds. The van der Waals surface area contributed by atoms with E-state index in [1.165, 1.54) is 12.1 Å². The minimum atomic E-state index is -0.496. The fourth-order valence-corrected chi connectivity index (χ4v) is 3.43. The second-order valence-electron chi connectivity index (χ2n) is 6.95. The van der Waals surface area contributed by atoms with E-state index in [0.717, 1.165) is 6.07 Å². The summed E-state index contributed by atoms with van der Waals surface area (Å²) in [6.07, 6.45) is 1.46. The van der Waals surface area contributed by atoms with E-state index < -0.39 is 11.7 Å². The number of benzene rings is 1. The molecular weight excluding hydrogens is 417 g/mol. The Hall–Kier alpha value is -1.96. The molecular formula is C19H25BrFN3O3. The second-order valence-corrected chi connectivity index (χ2v) is 7.80. The van der Waals surface area contributed by atoms with E-state index >= 15 is 0 Å². The van der Waals surface area contributed by atoms with Crippen molar-refractivity contribution in [3.8, 4) is 0 Å². The molecule has 0 aromatic heterocycles. The van der Waals surface area contributed by atoms with Gasteiger partial charge in [0.05, 0.1) is 5.56 Å². The number of hydrogen-bond acceptors (Lipinski definition) is 3. The van der Waals surface area contributed by atoms with Gasteiger partial charge in [0.2, 0.25) is 11.8 Å². The van der Waals surface area contributed by atoms with Crippen LogP contribution >= 0.6 is 15.9 Å². The molecule has 1 fully saturated rings. The van der Waals surface area contributed by atoms with Gasteiger partial charge >= 0.3 is 0 Å². The Bertz CT molecular complexity index is 703. The molecule has 148 valence electrons. The van der Waals surface area contributed by atoms with Crippen molar-refractivity contribution in [1.29, 1.82) is 0 Å². The molecule has 8 heteroatoms. The van der Waals surface area contributed by atoms with Crippen LogP contribution in [0.4, 0.5) is 4.39 Å². The summed E-state index contributed by atoms with van der Waals surface area (Å²) in [5.41, 5.74) is 0.194. The molecule has 0 unspecified atom stereocenters. The van der Waals surface area contributed by atoms with Crippen molar-refractivity contribution < 1.29 is 18.8 Å². The van der Waals surface area contributed by atoms with Crippen molar-refractivity contribution >= 4 is 33.7 Å². The van der Waals surface area contributed by atoms with Crippen LogP contribution in [0.2, 0.25) is 0 Å². The van der Waals surface area contributed by atoms with E-state index in [0.29, 0.717) is 30.4 Å². The Labute approximate surface area is 167 Å². The lowest BCUT2D eigenvalue weighted by Gasteiger charge is -2.31. The lowest BCUT2D eigenvalue weighted by atomic mass is 9.95. The molecule has 0 radical (unpaired) electrons. The molecule has 6 nitrogen and oxygen atoms in total. The van der Waals surface area contributed by atoms with Crippen LogP contribution in [-0.2, 0) is 9.59 Å². The Morgan fingerprint density at radius 1 is 1.26 bits per heavy atom. The normalized spacial score (nSPS) is 14.9. The van der Waals surface area contributed by atoms with Gasteiger partial charge in [0, 0.05) is 42.5 Å². The minimum absolute atomic E-state index is 0.0463. The zero-order chi connectivity index (χ0) is 20.0. The van der Waals surface area contributed by atoms with Crippen LogP contribution in [0.15, 0.2) is 22.7 Å². The van der Waals surface area contributed by atoms with E-state index in [1.54, 1.807) is 4.90 Å². The number of nitrogens with zero attached hydrogens (tertiary/aromatic N) is 1. The Morgan fingerprint density at radius 2 is 1.93 bits per heavy atom. The van der Waals surface area contributed by atoms with Gasteiger partial charge in [-0.05, 0) is 60.8 Å². The highest BCUT2D eigenvalue weighted by Gasteiger charge is 2.27. The van der Waals surface area contributed by atoms with Crippen molar-refractivity contribution in [2.75, 3.05) is 19.6 Å². The monoisotopic (exact) mass is 441 g/mol. The molecule has 0 bridgehead atoms. The summed E-state index contributed by atoms with van der Waals surface area (Å²) in [4.78, 5) is 38.2. The van der Waals surface area contributed by atoms with Crippen LogP contribution in [0.5, 0.6) is 0 Å². The molecule has 1 aliphatic rings. The fraction of sp³-hybridized carbons (Fsp3) is 0.526. The summed E-state index contributed by atoms with van der Waals surface area (Å²) in [6.45, 7) is 5.10. The zero-order valence-electron chi connectivity index (χ0n) is 15.6. The first-order chi connectivity index (χ1) is 12.8. The summed E-state index contributed by atoms with van der Waals surface area (Å²) in [5, 5.41) is 5.55. The highest BCUT2D eigenvalue weighted by Crippen LogP contribution is 2.19. The topological polar surface area (TPSA) is 78.5 Å². The molecule has 1 aromatic carbocycles. The first-order valence-corrected chi connectivity index (χ1v) is 9.88. The van der Waals surface area contributed by atoms with Crippen molar-refractivity contribution in [3.05, 3.63) is 34.1 Å². The van der Waals surface area contributed by atoms with Crippen LogP contribution in [0.3, 0.4) is 0 Å². The Balaban J connectivity index is 1.74. The number of nitrogens with one attached hydrogen (secondary N) is 2. The number of hydrogen-bond donors (Lipinski definition) is 2. The lowest BCUT2D eigenvalue weighted by Crippen LogP contribution is -2.44. The highest BCUT2D eigenvalue weighted by atomic mass is 79.9. The third-order valence-electron chi connectivity index (χ3n) is 4.45. The molecule has 27 heavy (non-hydrogen) atoms. The molecule has 2 N–H and O–H groups in total. The average molecular weight is 442 g/mol. The minimum Gasteiger partial charge on any atom is -0.354 e. The van der Waals surface area contributed by atoms with E-state index in [1.807, 2.05) is 13.8 Å². The Morgan fingerprint density at radius 3 is 2.56 bits per heavy atom. The van der Waals surface area contributed by atoms with E-state index in [4.69, 9.17) is 0 Å². The maximum atomic E-state index is 13.3. The number of likely N-dealkylation sites (tertiary alicyclic amines) is 1. The molecule has 0 aliphatic carbocycles. The van der Waals surface area contributed by atoms with Crippen LogP contribution in [0, 0.1) is 11.7 Å². The largest absolute Gasteiger partial charge is 0.354 e. The standard InChI is InChI=1S/C19H25BrFN3O3/c1-12(2)23-18(26)13-6-9-24(10-7-13)17(25)5-8-22-19(27)15-11-14(21)3-4-16(15)20/h3-4,11-13H,5-10H2,1-2H3,(H,22,27)(H,23,26). The molecule has 1 aromatic rings. The third-order valence-corrected chi connectivity index (χ3v) is 5.14. The van der Waals surface area contributed by atoms with Gasteiger partial charge in [0.1, 0.15) is 5.82 Å². The smallest absolute Gasteiger partial charge is 0.252 e. The van der Waals surface area contributed by atoms with Gasteiger partial charge in [-0.15, -0.1) is 0 Å². The van der Waals surface area contributed by atoms with Crippen molar-refractivity contribution in [3.63, 3.8) is 0 Å². The molecule has 1 aliphatic heterocycles. The second kappa shape index (κ2) is 9.82. The predicted molar refractivity (Wildman–Crippen MR) is 104 cm³/mol. The maximum Gasteiger partial charge on any atom is 0.252 e. The van der Waals surface area contributed by atoms with Crippen molar-refractivity contribution in [1.82, 2.24) is 15.5 Å². The van der Waals surface area contributed by atoms with Gasteiger partial charge in [-0.25, -0.2) is 4.39 Å². The molecule has 1 saturated heterocycles. The summed E-state index contributed by atoms with van der Waals surface area (Å²) in [6, 6.07) is 3.98. The fourth-order valence-electron chi connectivity index (χ4n) is 3.00. The molecule has 0 saturated carbocycles. The van der Waals surface area contributed by atoms with E-state index in [2.05, 4.69) is 26.6 Å². The average Bonchev–Trinajstić information content (AvgIpc) is 2.63. The summed E-state index contributed by atoms with van der Waals surface area (Å²) in [5.74, 6) is -0.995. The van der Waals surface area contributed by atoms with Gasteiger partial charge in [0.25, 0.3) is 5.91 Å². The number of amides is 3. The van der Waals surface area contributed by atoms with Crippen LogP contribution in [-0.4, -0.2) is 48.3 Å². The SMILES string of the molecule is CC(C)NC(=O)C1CCN(C(=O)CCNC(=O)c2cc(F)ccc2Br)CC1. The molecule has 0 atom stereocenters. The number of piperidine rings is 1. The zero-order valence-corrected chi connectivity index (χ0v) is 17.1. The summed E-state index contributed by atoms with van der Waals surface area (Å²) >= 11 is 3.21. The highest BCUT2D eigenvalue weighted by molar-refractivity contribution is 9.10. The molecule has 1 heterocycles. The predicted octanol–water partition coefficient (Wildman–Crippen LogP) is 2.47. The number of carbonyl (C=O) groups is 3. The van der Waals surface area contributed by atoms with Gasteiger partial charge < -0.3 is 15.5 Å². The molecule has 0 spiro atoms. The van der Waals surface area contributed by atoms with Crippen LogP contribution in [0.25, 0.3) is 0 Å². The van der Waals surface area contributed by atoms with Crippen molar-refractivity contribution in [2.45, 2.75) is 39.2 Å². The molecule has 2 rings (SSSR count). The quantitative estimate of drug-likeness (QED) is 0.711. The van der Waals surface area contributed by atoms with Gasteiger partial charge in [-0.1, -0.05) is 0 Å². The number of carbonyl (C=O) groups excluding carboxylic acids is 3. The number of rotatable bonds is 6. The number of halogens is 2. The summed E-state index contributed by atoms with van der Waals surface area (Å²) in [7, 11) is 0. The van der Waals surface area contributed by atoms with Gasteiger partial charge in [0.15, 0.2) is 0 Å². The van der Waals surface area contributed by atoms with Crippen LogP contribution in [0.1, 0.15) is 43.5 Å². The van der Waals surface area contributed by atoms with Crippen LogP contribution < -0.4 is 10.6 Å². The first kappa shape index (κ1) is 21.3. The summed E-state index contributed by atoms with van der Waals surface area (Å²) < 4.78 is 13.8. The van der Waals surface area contributed by atoms with E-state index in [-0.39, 0.29) is 42.3 Å². The van der Waals surface area contributed by atoms with Gasteiger partial charge in [-0.3, -0.25) is 14.4 Å². The van der Waals surface area contributed by atoms with E-state index in [9.17, 15) is 18.8 Å².